The van der Waals surface area contributed by atoms with Crippen LogP contribution in [0.25, 0.3) is 0 Å². The van der Waals surface area contributed by atoms with Gasteiger partial charge in [-0.1, -0.05) is 49.2 Å². The lowest BCUT2D eigenvalue weighted by Crippen LogP contribution is -2.70. The van der Waals surface area contributed by atoms with Gasteiger partial charge in [-0.3, -0.25) is 9.59 Å². The average molecular weight is 329 g/mol. The zero-order valence-electron chi connectivity index (χ0n) is 11.5. The summed E-state index contributed by atoms with van der Waals surface area (Å²) in [6.45, 7) is 8.14. The van der Waals surface area contributed by atoms with Gasteiger partial charge in [0.15, 0.2) is 0 Å². The average Bonchev–Trinajstić information content (AvgIpc) is 2.74. The third kappa shape index (κ3) is 2.57. The first kappa shape index (κ1) is 14.6. The highest BCUT2D eigenvalue weighted by molar-refractivity contribution is 9.11. The smallest absolute Gasteiger partial charge is 0.249 e. The third-order valence-corrected chi connectivity index (χ3v) is 4.32. The van der Waals surface area contributed by atoms with Crippen LogP contribution in [0.1, 0.15) is 39.5 Å². The molecule has 0 aromatic carbocycles. The van der Waals surface area contributed by atoms with Crippen molar-refractivity contribution < 1.29 is 9.59 Å². The molecule has 19 heavy (non-hydrogen) atoms. The summed E-state index contributed by atoms with van der Waals surface area (Å²) in [4.78, 5) is 26.9. The highest BCUT2D eigenvalue weighted by atomic mass is 79.9. The molecule has 4 nitrogen and oxygen atoms in total. The molecule has 2 rings (SSSR count). The van der Waals surface area contributed by atoms with Crippen molar-refractivity contribution in [1.29, 1.82) is 0 Å². The molecule has 0 radical (unpaired) electrons. The molecule has 1 saturated heterocycles. The van der Waals surface area contributed by atoms with Crippen LogP contribution in [-0.2, 0) is 9.59 Å². The van der Waals surface area contributed by atoms with Crippen molar-refractivity contribution >= 4 is 27.7 Å². The molecule has 2 fully saturated rings. The Morgan fingerprint density at radius 3 is 2.53 bits per heavy atom. The van der Waals surface area contributed by atoms with E-state index in [1.54, 1.807) is 4.90 Å². The number of nitrogens with one attached hydrogen (secondary N) is 1. The van der Waals surface area contributed by atoms with Gasteiger partial charge < -0.3 is 10.2 Å². The van der Waals surface area contributed by atoms with Gasteiger partial charge in [0.25, 0.3) is 0 Å². The highest BCUT2D eigenvalue weighted by Gasteiger charge is 2.52. The summed E-state index contributed by atoms with van der Waals surface area (Å²) >= 11 is 3.31. The van der Waals surface area contributed by atoms with E-state index in [4.69, 9.17) is 0 Å². The SMILES string of the molecule is C=C(Br)CN1C(=O)C2(CCCC2)NC(=O)C1C(C)C. The normalized spacial score (nSPS) is 26.1. The molecule has 1 heterocycles. The Morgan fingerprint density at radius 1 is 1.47 bits per heavy atom. The zero-order valence-corrected chi connectivity index (χ0v) is 13.1. The minimum atomic E-state index is -0.648. The molecular formula is C14H21BrN2O2. The lowest BCUT2D eigenvalue weighted by atomic mass is 9.87. The van der Waals surface area contributed by atoms with Crippen LogP contribution in [0.4, 0.5) is 0 Å². The highest BCUT2D eigenvalue weighted by Crippen LogP contribution is 2.36. The van der Waals surface area contributed by atoms with Gasteiger partial charge >= 0.3 is 0 Å². The lowest BCUT2D eigenvalue weighted by molar-refractivity contribution is -0.156. The molecule has 2 aliphatic rings. The second kappa shape index (κ2) is 5.27. The van der Waals surface area contributed by atoms with Crippen molar-refractivity contribution in [3.8, 4) is 0 Å². The molecule has 0 bridgehead atoms. The predicted molar refractivity (Wildman–Crippen MR) is 77.7 cm³/mol. The fourth-order valence-electron chi connectivity index (χ4n) is 3.24. The van der Waals surface area contributed by atoms with E-state index in [9.17, 15) is 9.59 Å². The van der Waals surface area contributed by atoms with E-state index in [0.29, 0.717) is 6.54 Å². The molecular weight excluding hydrogens is 308 g/mol. The van der Waals surface area contributed by atoms with E-state index >= 15 is 0 Å². The first-order valence-electron chi connectivity index (χ1n) is 6.84. The molecule has 2 amide bonds. The predicted octanol–water partition coefficient (Wildman–Crippen LogP) is 2.19. The van der Waals surface area contributed by atoms with Gasteiger partial charge in [-0.05, 0) is 18.8 Å². The maximum absolute atomic E-state index is 12.8. The standard InChI is InChI=1S/C14H21BrN2O2/c1-9(2)11-12(18)16-14(6-4-5-7-14)13(19)17(11)8-10(3)15/h9,11H,3-8H2,1-2H3,(H,16,18). The number of hydrogen-bond acceptors (Lipinski definition) is 2. The number of amides is 2. The van der Waals surface area contributed by atoms with Gasteiger partial charge in [-0.15, -0.1) is 0 Å². The summed E-state index contributed by atoms with van der Waals surface area (Å²) in [6, 6.07) is -0.395. The van der Waals surface area contributed by atoms with Crippen molar-refractivity contribution in [1.82, 2.24) is 10.2 Å². The quantitative estimate of drug-likeness (QED) is 0.863. The number of carbonyl (C=O) groups is 2. The van der Waals surface area contributed by atoms with Gasteiger partial charge in [0, 0.05) is 4.48 Å². The van der Waals surface area contributed by atoms with E-state index < -0.39 is 11.6 Å². The molecule has 0 aromatic heterocycles. The van der Waals surface area contributed by atoms with Gasteiger partial charge in [0.05, 0.1) is 6.54 Å². The number of piperazine rings is 1. The van der Waals surface area contributed by atoms with Gasteiger partial charge in [-0.2, -0.15) is 0 Å². The van der Waals surface area contributed by atoms with Crippen molar-refractivity contribution in [2.75, 3.05) is 6.54 Å². The Hall–Kier alpha value is -0.840. The van der Waals surface area contributed by atoms with Gasteiger partial charge in [-0.25, -0.2) is 0 Å². The molecule has 1 spiro atoms. The largest absolute Gasteiger partial charge is 0.340 e. The van der Waals surface area contributed by atoms with Crippen LogP contribution < -0.4 is 5.32 Å². The van der Waals surface area contributed by atoms with Crippen LogP contribution in [-0.4, -0.2) is 34.8 Å². The molecule has 0 aromatic rings. The molecule has 1 saturated carbocycles. The van der Waals surface area contributed by atoms with Crippen LogP contribution in [0.3, 0.4) is 0 Å². The van der Waals surface area contributed by atoms with Gasteiger partial charge in [0.2, 0.25) is 11.8 Å². The number of carbonyl (C=O) groups excluding carboxylic acids is 2. The second-order valence-corrected chi connectivity index (χ2v) is 7.04. The van der Waals surface area contributed by atoms with Crippen molar-refractivity contribution in [2.24, 2.45) is 5.92 Å². The Labute approximate surface area is 122 Å². The summed E-state index contributed by atoms with van der Waals surface area (Å²) in [7, 11) is 0. The van der Waals surface area contributed by atoms with Crippen molar-refractivity contribution in [3.05, 3.63) is 11.1 Å². The Kier molecular flexibility index (Phi) is 4.04. The summed E-state index contributed by atoms with van der Waals surface area (Å²) in [5, 5.41) is 3.00. The van der Waals surface area contributed by atoms with Gasteiger partial charge in [0.1, 0.15) is 11.6 Å². The summed E-state index contributed by atoms with van der Waals surface area (Å²) in [5.41, 5.74) is -0.648. The zero-order chi connectivity index (χ0) is 14.2. The molecule has 1 aliphatic heterocycles. The van der Waals surface area contributed by atoms with E-state index in [1.165, 1.54) is 0 Å². The second-order valence-electron chi connectivity index (χ2n) is 5.92. The number of hydrogen-bond donors (Lipinski definition) is 1. The molecule has 106 valence electrons. The Bertz CT molecular complexity index is 414. The monoisotopic (exact) mass is 328 g/mol. The number of nitrogens with zero attached hydrogens (tertiary/aromatic N) is 1. The number of halogens is 1. The maximum Gasteiger partial charge on any atom is 0.249 e. The van der Waals surface area contributed by atoms with Crippen molar-refractivity contribution in [2.45, 2.75) is 51.1 Å². The molecule has 1 unspecified atom stereocenters. The summed E-state index contributed by atoms with van der Waals surface area (Å²) in [6.07, 6.45) is 3.52. The third-order valence-electron chi connectivity index (χ3n) is 4.07. The topological polar surface area (TPSA) is 49.4 Å². The first-order chi connectivity index (χ1) is 8.87. The first-order valence-corrected chi connectivity index (χ1v) is 7.63. The maximum atomic E-state index is 12.8. The van der Waals surface area contributed by atoms with E-state index in [2.05, 4.69) is 27.8 Å². The fraction of sp³-hybridized carbons (Fsp3) is 0.714. The van der Waals surface area contributed by atoms with Crippen LogP contribution in [0.2, 0.25) is 0 Å². The lowest BCUT2D eigenvalue weighted by Gasteiger charge is -2.45. The van der Waals surface area contributed by atoms with E-state index in [1.807, 2.05) is 13.8 Å². The molecule has 1 atom stereocenters. The fourth-order valence-corrected chi connectivity index (χ4v) is 3.51. The van der Waals surface area contributed by atoms with Crippen LogP contribution in [0.15, 0.2) is 11.1 Å². The Morgan fingerprint density at radius 2 is 2.05 bits per heavy atom. The van der Waals surface area contributed by atoms with E-state index in [0.717, 1.165) is 30.2 Å². The molecule has 5 heteroatoms. The van der Waals surface area contributed by atoms with Crippen LogP contribution in [0.5, 0.6) is 0 Å². The Balaban J connectivity index is 2.33. The molecule has 1 aliphatic carbocycles. The van der Waals surface area contributed by atoms with Crippen LogP contribution in [0, 0.1) is 5.92 Å². The summed E-state index contributed by atoms with van der Waals surface area (Å²) < 4.78 is 0.731. The minimum Gasteiger partial charge on any atom is -0.340 e. The van der Waals surface area contributed by atoms with E-state index in [-0.39, 0.29) is 17.7 Å². The minimum absolute atomic E-state index is 0.0229. The summed E-state index contributed by atoms with van der Waals surface area (Å²) in [5.74, 6) is 0.128. The number of rotatable bonds is 3. The molecule has 1 N–H and O–H groups in total. The van der Waals surface area contributed by atoms with Crippen molar-refractivity contribution in [3.63, 3.8) is 0 Å². The van der Waals surface area contributed by atoms with Crippen LogP contribution >= 0.6 is 15.9 Å².